The SMILES string of the molecule is CCOc1ccc(/C=C2/SC(=S)N(NC(=O)C34CC5CC(CC(C5)C3)C4)C2=O)cc1OCC. The van der Waals surface area contributed by atoms with Crippen LogP contribution in [0.15, 0.2) is 23.1 Å². The molecule has 8 heteroatoms. The fraction of sp³-hybridized carbons (Fsp3) is 0.560. The normalized spacial score (nSPS) is 31.4. The number of thiocarbonyl (C=S) groups is 1. The van der Waals surface area contributed by atoms with Crippen LogP contribution in [0.4, 0.5) is 0 Å². The number of benzene rings is 1. The number of hydrogen-bond donors (Lipinski definition) is 1. The number of carbonyl (C=O) groups excluding carboxylic acids is 2. The van der Waals surface area contributed by atoms with Crippen molar-refractivity contribution in [3.63, 3.8) is 0 Å². The van der Waals surface area contributed by atoms with Crippen molar-refractivity contribution < 1.29 is 19.1 Å². The molecule has 5 aliphatic rings. The third-order valence-electron chi connectivity index (χ3n) is 7.39. The van der Waals surface area contributed by atoms with Gasteiger partial charge >= 0.3 is 0 Å². The minimum Gasteiger partial charge on any atom is -0.490 e. The molecule has 0 spiro atoms. The zero-order valence-electron chi connectivity index (χ0n) is 19.1. The maximum Gasteiger partial charge on any atom is 0.285 e. The summed E-state index contributed by atoms with van der Waals surface area (Å²) in [6.45, 7) is 4.90. The van der Waals surface area contributed by atoms with Crippen LogP contribution in [0.25, 0.3) is 6.08 Å². The quantitative estimate of drug-likeness (QED) is 0.435. The van der Waals surface area contributed by atoms with E-state index in [2.05, 4.69) is 5.43 Å². The first-order valence-electron chi connectivity index (χ1n) is 11.9. The Morgan fingerprint density at radius 3 is 2.33 bits per heavy atom. The van der Waals surface area contributed by atoms with Crippen LogP contribution >= 0.6 is 24.0 Å². The van der Waals surface area contributed by atoms with Gasteiger partial charge in [-0.1, -0.05) is 17.8 Å². The van der Waals surface area contributed by atoms with Gasteiger partial charge in [0, 0.05) is 0 Å². The van der Waals surface area contributed by atoms with Crippen molar-refractivity contribution in [2.45, 2.75) is 52.4 Å². The minimum atomic E-state index is -0.330. The first-order valence-corrected chi connectivity index (χ1v) is 13.1. The van der Waals surface area contributed by atoms with Crippen molar-refractivity contribution in [1.29, 1.82) is 0 Å². The van der Waals surface area contributed by atoms with Crippen LogP contribution in [0.3, 0.4) is 0 Å². The lowest BCUT2D eigenvalue weighted by Crippen LogP contribution is -2.57. The Bertz CT molecular complexity index is 986. The van der Waals surface area contributed by atoms with Gasteiger partial charge in [-0.05, 0) is 106 Å². The summed E-state index contributed by atoms with van der Waals surface area (Å²) in [4.78, 5) is 27.0. The van der Waals surface area contributed by atoms with Crippen molar-refractivity contribution in [3.8, 4) is 11.5 Å². The average Bonchev–Trinajstić information content (AvgIpc) is 3.02. The van der Waals surface area contributed by atoms with Gasteiger partial charge < -0.3 is 9.47 Å². The second kappa shape index (κ2) is 8.95. The molecule has 0 radical (unpaired) electrons. The molecule has 1 aromatic carbocycles. The first kappa shape index (κ1) is 22.7. The van der Waals surface area contributed by atoms with E-state index in [1.807, 2.05) is 32.0 Å². The van der Waals surface area contributed by atoms with Crippen LogP contribution in [0.5, 0.6) is 11.5 Å². The molecular weight excluding hydrogens is 456 g/mol. The second-order valence-electron chi connectivity index (χ2n) is 9.73. The standard InChI is InChI=1S/C25H30N2O4S2/c1-3-30-19-6-5-15(10-20(19)31-4-2)11-21-22(28)27(24(32)33-21)26-23(29)25-12-16-7-17(13-25)9-18(8-16)14-25/h5-6,10-11,16-18H,3-4,7-9,12-14H2,1-2H3,(H,26,29)/b21-11+. The van der Waals surface area contributed by atoms with E-state index in [1.165, 1.54) is 36.0 Å². The largest absolute Gasteiger partial charge is 0.490 e. The summed E-state index contributed by atoms with van der Waals surface area (Å²) in [5, 5.41) is 1.27. The molecule has 4 saturated carbocycles. The lowest BCUT2D eigenvalue weighted by Gasteiger charge is -2.55. The number of hydrogen-bond acceptors (Lipinski definition) is 6. The highest BCUT2D eigenvalue weighted by Gasteiger charge is 2.55. The smallest absolute Gasteiger partial charge is 0.285 e. The van der Waals surface area contributed by atoms with E-state index >= 15 is 0 Å². The molecule has 0 unspecified atom stereocenters. The van der Waals surface area contributed by atoms with Crippen LogP contribution in [-0.2, 0) is 9.59 Å². The maximum atomic E-state index is 13.4. The van der Waals surface area contributed by atoms with Crippen LogP contribution < -0.4 is 14.9 Å². The van der Waals surface area contributed by atoms with Gasteiger partial charge in [0.05, 0.1) is 23.5 Å². The molecule has 33 heavy (non-hydrogen) atoms. The van der Waals surface area contributed by atoms with Gasteiger partial charge in [0.25, 0.3) is 5.91 Å². The summed E-state index contributed by atoms with van der Waals surface area (Å²) < 4.78 is 11.7. The Kier molecular flexibility index (Phi) is 6.16. The van der Waals surface area contributed by atoms with Gasteiger partial charge in [-0.15, -0.1) is 0 Å². The van der Waals surface area contributed by atoms with Crippen LogP contribution in [-0.4, -0.2) is 34.4 Å². The maximum absolute atomic E-state index is 13.4. The van der Waals surface area contributed by atoms with Crippen molar-refractivity contribution in [2.24, 2.45) is 23.2 Å². The molecule has 5 fully saturated rings. The summed E-state index contributed by atoms with van der Waals surface area (Å²) in [6.07, 6.45) is 8.42. The summed E-state index contributed by atoms with van der Waals surface area (Å²) in [7, 11) is 0. The number of nitrogens with zero attached hydrogens (tertiary/aromatic N) is 1. The molecule has 0 atom stereocenters. The summed E-state index contributed by atoms with van der Waals surface area (Å²) in [6, 6.07) is 5.58. The third kappa shape index (κ3) is 4.28. The van der Waals surface area contributed by atoms with E-state index < -0.39 is 0 Å². The molecule has 1 heterocycles. The van der Waals surface area contributed by atoms with Gasteiger partial charge in [-0.3, -0.25) is 15.0 Å². The molecular formula is C25H30N2O4S2. The monoisotopic (exact) mass is 486 g/mol. The highest BCUT2D eigenvalue weighted by Crippen LogP contribution is 2.60. The van der Waals surface area contributed by atoms with Crippen molar-refractivity contribution in [2.75, 3.05) is 13.2 Å². The van der Waals surface area contributed by atoms with Gasteiger partial charge in [0.15, 0.2) is 15.8 Å². The molecule has 4 aliphatic carbocycles. The zero-order chi connectivity index (χ0) is 23.2. The minimum absolute atomic E-state index is 0.0288. The highest BCUT2D eigenvalue weighted by atomic mass is 32.2. The van der Waals surface area contributed by atoms with Crippen molar-refractivity contribution >= 4 is 46.2 Å². The molecule has 176 valence electrons. The molecule has 1 aromatic rings. The number of nitrogens with one attached hydrogen (secondary N) is 1. The Morgan fingerprint density at radius 1 is 1.12 bits per heavy atom. The van der Waals surface area contributed by atoms with E-state index in [4.69, 9.17) is 21.7 Å². The van der Waals surface area contributed by atoms with Crippen LogP contribution in [0.1, 0.15) is 57.9 Å². The Labute approximate surface area is 204 Å². The van der Waals surface area contributed by atoms with Gasteiger partial charge in [-0.2, -0.15) is 5.01 Å². The van der Waals surface area contributed by atoms with Gasteiger partial charge in [0.2, 0.25) is 5.91 Å². The topological polar surface area (TPSA) is 67.9 Å². The fourth-order valence-corrected chi connectivity index (χ4v) is 7.66. The lowest BCUT2D eigenvalue weighted by atomic mass is 9.49. The summed E-state index contributed by atoms with van der Waals surface area (Å²) in [5.74, 6) is 2.98. The molecule has 1 N–H and O–H groups in total. The van der Waals surface area contributed by atoms with E-state index in [0.29, 0.717) is 51.7 Å². The van der Waals surface area contributed by atoms with E-state index in [-0.39, 0.29) is 17.2 Å². The molecule has 1 aliphatic heterocycles. The molecule has 4 bridgehead atoms. The molecule has 1 saturated heterocycles. The van der Waals surface area contributed by atoms with Crippen LogP contribution in [0, 0.1) is 23.2 Å². The predicted octanol–water partition coefficient (Wildman–Crippen LogP) is 4.93. The number of thioether (sulfide) groups is 1. The predicted molar refractivity (Wildman–Crippen MR) is 133 cm³/mol. The Hall–Kier alpha value is -2.06. The first-order chi connectivity index (χ1) is 15.9. The molecule has 6 rings (SSSR count). The molecule has 2 amide bonds. The Balaban J connectivity index is 1.32. The summed E-state index contributed by atoms with van der Waals surface area (Å²) in [5.41, 5.74) is 3.39. The summed E-state index contributed by atoms with van der Waals surface area (Å²) >= 11 is 6.67. The average molecular weight is 487 g/mol. The number of amides is 2. The number of ether oxygens (including phenoxy) is 2. The van der Waals surface area contributed by atoms with E-state index in [1.54, 1.807) is 6.08 Å². The fourth-order valence-electron chi connectivity index (χ4n) is 6.48. The third-order valence-corrected chi connectivity index (χ3v) is 8.69. The molecule has 6 nitrogen and oxygen atoms in total. The van der Waals surface area contributed by atoms with Crippen LogP contribution in [0.2, 0.25) is 0 Å². The molecule has 0 aromatic heterocycles. The number of carbonyl (C=O) groups is 2. The van der Waals surface area contributed by atoms with Gasteiger partial charge in [-0.25, -0.2) is 0 Å². The zero-order valence-corrected chi connectivity index (χ0v) is 20.7. The van der Waals surface area contributed by atoms with Crippen molar-refractivity contribution in [1.82, 2.24) is 10.4 Å². The highest BCUT2D eigenvalue weighted by molar-refractivity contribution is 8.26. The van der Waals surface area contributed by atoms with Gasteiger partial charge in [0.1, 0.15) is 0 Å². The second-order valence-corrected chi connectivity index (χ2v) is 11.4. The number of rotatable bonds is 7. The van der Waals surface area contributed by atoms with Crippen molar-refractivity contribution in [3.05, 3.63) is 28.7 Å². The van der Waals surface area contributed by atoms with E-state index in [9.17, 15) is 9.59 Å². The van der Waals surface area contributed by atoms with E-state index in [0.717, 1.165) is 24.8 Å². The number of hydrazine groups is 1. The lowest BCUT2D eigenvalue weighted by molar-refractivity contribution is -0.152. The Morgan fingerprint density at radius 2 is 1.73 bits per heavy atom.